The highest BCUT2D eigenvalue weighted by molar-refractivity contribution is 5.71. The van der Waals surface area contributed by atoms with Crippen LogP contribution in [0.2, 0.25) is 0 Å². The normalized spacial score (nSPS) is 15.8. The van der Waals surface area contributed by atoms with Crippen LogP contribution in [0.3, 0.4) is 0 Å². The molecule has 1 heteroatoms. The van der Waals surface area contributed by atoms with Gasteiger partial charge in [-0.3, -0.25) is 0 Å². The number of anilines is 2. The van der Waals surface area contributed by atoms with Crippen molar-refractivity contribution in [3.05, 3.63) is 146 Å². The summed E-state index contributed by atoms with van der Waals surface area (Å²) in [5.41, 5.74) is 7.12. The van der Waals surface area contributed by atoms with Gasteiger partial charge >= 0.3 is 0 Å². The summed E-state index contributed by atoms with van der Waals surface area (Å²) in [6.45, 7) is 7.75. The number of para-hydroxylation sites is 1. The zero-order valence-corrected chi connectivity index (χ0v) is 17.7. The summed E-state index contributed by atoms with van der Waals surface area (Å²) in [5.74, 6) is 0. The fourth-order valence-corrected chi connectivity index (χ4v) is 3.99. The number of benzene rings is 3. The second kappa shape index (κ2) is 9.77. The van der Waals surface area contributed by atoms with Crippen molar-refractivity contribution in [2.75, 3.05) is 4.90 Å². The molecule has 4 rings (SSSR count). The van der Waals surface area contributed by atoms with Crippen LogP contribution in [0.4, 0.5) is 11.4 Å². The molecule has 0 N–H and O–H groups in total. The molecule has 0 spiro atoms. The van der Waals surface area contributed by atoms with Gasteiger partial charge in [-0.15, -0.1) is 0 Å². The summed E-state index contributed by atoms with van der Waals surface area (Å²) in [4.78, 5) is 2.41. The number of hydrogen-bond acceptors (Lipinski definition) is 1. The first-order valence-corrected chi connectivity index (χ1v) is 10.6. The lowest BCUT2D eigenvalue weighted by atomic mass is 9.95. The van der Waals surface area contributed by atoms with Gasteiger partial charge in [0.2, 0.25) is 0 Å². The van der Waals surface area contributed by atoms with Gasteiger partial charge in [-0.05, 0) is 53.0 Å². The van der Waals surface area contributed by atoms with Crippen molar-refractivity contribution < 1.29 is 0 Å². The highest BCUT2D eigenvalue weighted by atomic mass is 15.2. The maximum atomic E-state index is 3.94. The predicted molar refractivity (Wildman–Crippen MR) is 135 cm³/mol. The molecular formula is C30H27N. The standard InChI is InChI=1S/C30H27N/c1-3-11-24(4-2)26-16-20-29(21-17-26)31(28-14-9-6-10-15-28)30-22-18-27(19-23-30)25-12-7-5-8-13-25/h3-20,22-23,29H,1-2,21H2/b24-11+. The Morgan fingerprint density at radius 2 is 1.39 bits per heavy atom. The predicted octanol–water partition coefficient (Wildman–Crippen LogP) is 8.05. The van der Waals surface area contributed by atoms with Gasteiger partial charge in [-0.2, -0.15) is 0 Å². The lowest BCUT2D eigenvalue weighted by Gasteiger charge is -2.33. The highest BCUT2D eigenvalue weighted by Crippen LogP contribution is 2.33. The molecule has 3 aromatic rings. The van der Waals surface area contributed by atoms with Gasteiger partial charge in [-0.25, -0.2) is 0 Å². The minimum absolute atomic E-state index is 0.239. The second-order valence-corrected chi connectivity index (χ2v) is 7.50. The van der Waals surface area contributed by atoms with E-state index in [4.69, 9.17) is 0 Å². The molecule has 0 radical (unpaired) electrons. The van der Waals surface area contributed by atoms with Crippen molar-refractivity contribution in [2.24, 2.45) is 0 Å². The lowest BCUT2D eigenvalue weighted by molar-refractivity contribution is 0.781. The third-order valence-electron chi connectivity index (χ3n) is 5.55. The van der Waals surface area contributed by atoms with Crippen molar-refractivity contribution in [3.63, 3.8) is 0 Å². The molecule has 1 aliphatic carbocycles. The van der Waals surface area contributed by atoms with Crippen LogP contribution >= 0.6 is 0 Å². The molecule has 31 heavy (non-hydrogen) atoms. The molecule has 0 aromatic heterocycles. The molecule has 1 atom stereocenters. The molecular weight excluding hydrogens is 374 g/mol. The van der Waals surface area contributed by atoms with E-state index in [9.17, 15) is 0 Å². The Morgan fingerprint density at radius 1 is 0.774 bits per heavy atom. The monoisotopic (exact) mass is 401 g/mol. The molecule has 1 aliphatic rings. The van der Waals surface area contributed by atoms with E-state index in [0.29, 0.717) is 0 Å². The molecule has 3 aromatic carbocycles. The summed E-state index contributed by atoms with van der Waals surface area (Å²) in [7, 11) is 0. The topological polar surface area (TPSA) is 3.24 Å². The van der Waals surface area contributed by atoms with Crippen LogP contribution in [0.5, 0.6) is 0 Å². The number of nitrogens with zero attached hydrogens (tertiary/aromatic N) is 1. The van der Waals surface area contributed by atoms with Crippen molar-refractivity contribution in [3.8, 4) is 11.1 Å². The zero-order valence-electron chi connectivity index (χ0n) is 17.7. The van der Waals surface area contributed by atoms with E-state index >= 15 is 0 Å². The molecule has 0 amide bonds. The van der Waals surface area contributed by atoms with E-state index < -0.39 is 0 Å². The van der Waals surface area contributed by atoms with E-state index in [1.165, 1.54) is 28.1 Å². The van der Waals surface area contributed by atoms with Crippen LogP contribution in [0.1, 0.15) is 6.42 Å². The largest absolute Gasteiger partial charge is 0.334 e. The van der Waals surface area contributed by atoms with Crippen LogP contribution in [0.25, 0.3) is 11.1 Å². The fourth-order valence-electron chi connectivity index (χ4n) is 3.99. The average Bonchev–Trinajstić information content (AvgIpc) is 2.85. The van der Waals surface area contributed by atoms with Crippen LogP contribution < -0.4 is 4.90 Å². The summed E-state index contributed by atoms with van der Waals surface area (Å²) in [5, 5.41) is 0. The molecule has 0 saturated heterocycles. The van der Waals surface area contributed by atoms with Gasteiger partial charge in [0, 0.05) is 11.4 Å². The van der Waals surface area contributed by atoms with Crippen LogP contribution in [-0.2, 0) is 0 Å². The summed E-state index contributed by atoms with van der Waals surface area (Å²) < 4.78 is 0. The second-order valence-electron chi connectivity index (χ2n) is 7.50. The summed E-state index contributed by atoms with van der Waals surface area (Å²) in [6, 6.07) is 30.2. The minimum Gasteiger partial charge on any atom is -0.334 e. The first-order chi connectivity index (χ1) is 15.3. The molecule has 1 nitrogen and oxygen atoms in total. The van der Waals surface area contributed by atoms with E-state index in [2.05, 4.69) is 115 Å². The average molecular weight is 402 g/mol. The van der Waals surface area contributed by atoms with Crippen LogP contribution in [-0.4, -0.2) is 6.04 Å². The van der Waals surface area contributed by atoms with Gasteiger partial charge in [0.05, 0.1) is 6.04 Å². The van der Waals surface area contributed by atoms with E-state index in [1.807, 2.05) is 24.3 Å². The molecule has 0 aliphatic heterocycles. The molecule has 152 valence electrons. The van der Waals surface area contributed by atoms with Crippen molar-refractivity contribution >= 4 is 11.4 Å². The quantitative estimate of drug-likeness (QED) is 0.362. The first kappa shape index (κ1) is 20.4. The number of rotatable bonds is 7. The van der Waals surface area contributed by atoms with E-state index in [0.717, 1.165) is 12.0 Å². The third-order valence-corrected chi connectivity index (χ3v) is 5.55. The van der Waals surface area contributed by atoms with Crippen molar-refractivity contribution in [1.29, 1.82) is 0 Å². The third kappa shape index (κ3) is 4.67. The Labute approximate surface area is 185 Å². The summed E-state index contributed by atoms with van der Waals surface area (Å²) in [6.07, 6.45) is 13.4. The molecule has 0 saturated carbocycles. The number of hydrogen-bond donors (Lipinski definition) is 0. The fraction of sp³-hybridized carbons (Fsp3) is 0.0667. The van der Waals surface area contributed by atoms with Gasteiger partial charge in [0.1, 0.15) is 0 Å². The smallest absolute Gasteiger partial charge is 0.0560 e. The molecule has 1 unspecified atom stereocenters. The summed E-state index contributed by atoms with van der Waals surface area (Å²) >= 11 is 0. The van der Waals surface area contributed by atoms with Crippen LogP contribution in [0, 0.1) is 0 Å². The van der Waals surface area contributed by atoms with E-state index in [1.54, 1.807) is 0 Å². The Balaban J connectivity index is 1.65. The van der Waals surface area contributed by atoms with Crippen LogP contribution in [0.15, 0.2) is 146 Å². The lowest BCUT2D eigenvalue weighted by Crippen LogP contribution is -2.30. The van der Waals surface area contributed by atoms with E-state index in [-0.39, 0.29) is 6.04 Å². The molecule has 0 bridgehead atoms. The SMILES string of the molecule is C=C/C=C(\C=C)C1=CCC(N(c2ccccc2)c2ccc(-c3ccccc3)cc2)C=C1. The van der Waals surface area contributed by atoms with Gasteiger partial charge in [0.15, 0.2) is 0 Å². The van der Waals surface area contributed by atoms with Gasteiger partial charge in [-0.1, -0.05) is 110 Å². The van der Waals surface area contributed by atoms with Crippen molar-refractivity contribution in [2.45, 2.75) is 12.5 Å². The Bertz CT molecular complexity index is 1120. The van der Waals surface area contributed by atoms with Gasteiger partial charge in [0.25, 0.3) is 0 Å². The maximum Gasteiger partial charge on any atom is 0.0560 e. The van der Waals surface area contributed by atoms with Gasteiger partial charge < -0.3 is 4.90 Å². The zero-order chi connectivity index (χ0) is 21.5. The minimum atomic E-state index is 0.239. The highest BCUT2D eigenvalue weighted by Gasteiger charge is 2.20. The Morgan fingerprint density at radius 3 is 1.97 bits per heavy atom. The first-order valence-electron chi connectivity index (χ1n) is 10.6. The maximum absolute atomic E-state index is 3.94. The van der Waals surface area contributed by atoms with Crippen molar-refractivity contribution in [1.82, 2.24) is 0 Å². The Hall–Kier alpha value is -3.84. The molecule has 0 heterocycles. The Kier molecular flexibility index (Phi) is 6.44. The number of allylic oxidation sites excluding steroid dienone is 6. The molecule has 0 fully saturated rings.